The van der Waals surface area contributed by atoms with Gasteiger partial charge in [-0.15, -0.1) is 0 Å². The summed E-state index contributed by atoms with van der Waals surface area (Å²) in [7, 11) is 2.83. The predicted molar refractivity (Wildman–Crippen MR) is 64.0 cm³/mol. The van der Waals surface area contributed by atoms with Crippen molar-refractivity contribution in [2.45, 2.75) is 12.6 Å². The maximum Gasteiger partial charge on any atom is 0.435 e. The second-order valence-electron chi connectivity index (χ2n) is 3.72. The van der Waals surface area contributed by atoms with Gasteiger partial charge >= 0.3 is 6.18 Å². The summed E-state index contributed by atoms with van der Waals surface area (Å²) >= 11 is 0. The van der Waals surface area contributed by atoms with Gasteiger partial charge in [-0.1, -0.05) is 12.7 Å². The van der Waals surface area contributed by atoms with Gasteiger partial charge in [0.15, 0.2) is 5.71 Å². The minimum Gasteiger partial charge on any atom is -0.497 e. The van der Waals surface area contributed by atoms with Crippen molar-refractivity contribution in [1.82, 2.24) is 5.43 Å². The van der Waals surface area contributed by atoms with E-state index in [0.29, 0.717) is 12.2 Å². The number of allylic oxidation sites excluding steroid dienone is 4. The third-order valence-electron chi connectivity index (χ3n) is 2.55. The van der Waals surface area contributed by atoms with Gasteiger partial charge in [0.05, 0.1) is 7.11 Å². The largest absolute Gasteiger partial charge is 0.497 e. The molecule has 0 fully saturated rings. The van der Waals surface area contributed by atoms with Crippen LogP contribution >= 0.6 is 0 Å². The summed E-state index contributed by atoms with van der Waals surface area (Å²) < 4.78 is 43.3. The van der Waals surface area contributed by atoms with Crippen molar-refractivity contribution in [1.29, 1.82) is 0 Å². The Morgan fingerprint density at radius 3 is 2.61 bits per heavy atom. The molecule has 0 heterocycles. The van der Waals surface area contributed by atoms with Crippen molar-refractivity contribution >= 4 is 5.71 Å². The molecule has 100 valence electrons. The van der Waals surface area contributed by atoms with Gasteiger partial charge in [0.1, 0.15) is 5.76 Å². The van der Waals surface area contributed by atoms with Crippen LogP contribution in [0.4, 0.5) is 13.2 Å². The minimum absolute atomic E-state index is 0.0560. The fourth-order valence-electron chi connectivity index (χ4n) is 1.62. The van der Waals surface area contributed by atoms with Crippen LogP contribution in [0.15, 0.2) is 41.2 Å². The van der Waals surface area contributed by atoms with Crippen molar-refractivity contribution in [2.24, 2.45) is 11.0 Å². The molecule has 0 bridgehead atoms. The standard InChI is InChI=1S/C12H15F3N2O/c1-8(11(17-16-2)12(13,14)15)9-4-6-10(18-3)7-5-9/h4,6-7,9,16H,1,5H2,2-3H3/b17-11+. The molecule has 1 atom stereocenters. The second kappa shape index (κ2) is 5.75. The van der Waals surface area contributed by atoms with E-state index in [4.69, 9.17) is 4.74 Å². The lowest BCUT2D eigenvalue weighted by Gasteiger charge is -2.20. The van der Waals surface area contributed by atoms with Crippen molar-refractivity contribution in [3.8, 4) is 0 Å². The Bertz CT molecular complexity index is 408. The van der Waals surface area contributed by atoms with E-state index in [1.165, 1.54) is 14.2 Å². The number of nitrogens with one attached hydrogen (secondary N) is 1. The third-order valence-corrected chi connectivity index (χ3v) is 2.55. The van der Waals surface area contributed by atoms with E-state index in [1.807, 2.05) is 0 Å². The van der Waals surface area contributed by atoms with Crippen LogP contribution in [0.5, 0.6) is 0 Å². The lowest BCUT2D eigenvalue weighted by Crippen LogP contribution is -2.29. The number of nitrogens with zero attached hydrogens (tertiary/aromatic N) is 1. The summed E-state index contributed by atoms with van der Waals surface area (Å²) in [5.41, 5.74) is 1.12. The number of hydrazone groups is 1. The van der Waals surface area contributed by atoms with E-state index < -0.39 is 17.8 Å². The molecular weight excluding hydrogens is 245 g/mol. The van der Waals surface area contributed by atoms with E-state index >= 15 is 0 Å². The Balaban J connectivity index is 2.85. The Morgan fingerprint density at radius 2 is 2.22 bits per heavy atom. The fourth-order valence-corrected chi connectivity index (χ4v) is 1.62. The van der Waals surface area contributed by atoms with Gasteiger partial charge in [0, 0.05) is 13.0 Å². The molecule has 3 nitrogen and oxygen atoms in total. The molecule has 0 aromatic carbocycles. The lowest BCUT2D eigenvalue weighted by atomic mass is 9.89. The van der Waals surface area contributed by atoms with Crippen molar-refractivity contribution in [2.75, 3.05) is 14.2 Å². The van der Waals surface area contributed by atoms with E-state index in [1.54, 1.807) is 18.2 Å². The first-order valence-electron chi connectivity index (χ1n) is 5.33. The van der Waals surface area contributed by atoms with Gasteiger partial charge in [-0.05, 0) is 24.1 Å². The Morgan fingerprint density at radius 1 is 1.56 bits per heavy atom. The van der Waals surface area contributed by atoms with Crippen LogP contribution in [0, 0.1) is 5.92 Å². The molecule has 1 aliphatic carbocycles. The monoisotopic (exact) mass is 260 g/mol. The molecule has 0 saturated carbocycles. The van der Waals surface area contributed by atoms with Crippen molar-refractivity contribution in [3.05, 3.63) is 36.1 Å². The van der Waals surface area contributed by atoms with E-state index in [9.17, 15) is 13.2 Å². The van der Waals surface area contributed by atoms with Crippen LogP contribution in [-0.2, 0) is 4.74 Å². The minimum atomic E-state index is -4.51. The molecule has 0 saturated heterocycles. The number of halogens is 3. The van der Waals surface area contributed by atoms with Gasteiger partial charge in [-0.25, -0.2) is 0 Å². The van der Waals surface area contributed by atoms with Crippen LogP contribution in [-0.4, -0.2) is 26.0 Å². The summed E-state index contributed by atoms with van der Waals surface area (Å²) in [5, 5.41) is 3.27. The summed E-state index contributed by atoms with van der Waals surface area (Å²) in [6.45, 7) is 3.50. The molecule has 18 heavy (non-hydrogen) atoms. The van der Waals surface area contributed by atoms with Crippen molar-refractivity contribution < 1.29 is 17.9 Å². The number of alkyl halides is 3. The average molecular weight is 260 g/mol. The van der Waals surface area contributed by atoms with Gasteiger partial charge in [-0.2, -0.15) is 18.3 Å². The van der Waals surface area contributed by atoms with Crippen LogP contribution in [0.25, 0.3) is 0 Å². The third kappa shape index (κ3) is 3.38. The number of methoxy groups -OCH3 is 1. The highest BCUT2D eigenvalue weighted by Gasteiger charge is 2.39. The molecule has 1 N–H and O–H groups in total. The first-order valence-corrected chi connectivity index (χ1v) is 5.33. The molecule has 6 heteroatoms. The van der Waals surface area contributed by atoms with E-state index in [-0.39, 0.29) is 5.57 Å². The zero-order valence-corrected chi connectivity index (χ0v) is 10.2. The molecule has 0 radical (unpaired) electrons. The Kier molecular flexibility index (Phi) is 4.58. The second-order valence-corrected chi connectivity index (χ2v) is 3.72. The number of hydrogen-bond acceptors (Lipinski definition) is 3. The fraction of sp³-hybridized carbons (Fsp3) is 0.417. The van der Waals surface area contributed by atoms with Crippen LogP contribution in [0.3, 0.4) is 0 Å². The SMILES string of the molecule is C=C(/C(=N\NC)C(F)(F)F)C1C=CC(OC)=CC1. The molecule has 1 unspecified atom stereocenters. The highest BCUT2D eigenvalue weighted by molar-refractivity contribution is 6.04. The van der Waals surface area contributed by atoms with Gasteiger partial charge in [-0.3, -0.25) is 0 Å². The number of rotatable bonds is 4. The maximum absolute atomic E-state index is 12.8. The molecule has 0 aliphatic heterocycles. The summed E-state index contributed by atoms with van der Waals surface area (Å²) in [6.07, 6.45) is 0.893. The molecule has 0 amide bonds. The predicted octanol–water partition coefficient (Wildman–Crippen LogP) is 2.79. The number of hydrogen-bond donors (Lipinski definition) is 1. The molecule has 0 aromatic heterocycles. The summed E-state index contributed by atoms with van der Waals surface area (Å²) in [5.74, 6) is 0.218. The van der Waals surface area contributed by atoms with Crippen LogP contribution < -0.4 is 5.43 Å². The van der Waals surface area contributed by atoms with Crippen LogP contribution in [0.2, 0.25) is 0 Å². The summed E-state index contributed by atoms with van der Waals surface area (Å²) in [6, 6.07) is 0. The first kappa shape index (κ1) is 14.3. The molecular formula is C12H15F3N2O. The highest BCUT2D eigenvalue weighted by atomic mass is 19.4. The topological polar surface area (TPSA) is 33.6 Å². The highest BCUT2D eigenvalue weighted by Crippen LogP contribution is 2.30. The smallest absolute Gasteiger partial charge is 0.435 e. The summed E-state index contributed by atoms with van der Waals surface area (Å²) in [4.78, 5) is 0. The van der Waals surface area contributed by atoms with E-state index in [0.717, 1.165) is 0 Å². The maximum atomic E-state index is 12.8. The normalized spacial score (nSPS) is 20.4. The Labute approximate surface area is 104 Å². The molecule has 1 aliphatic rings. The zero-order chi connectivity index (χ0) is 13.8. The quantitative estimate of drug-likeness (QED) is 0.623. The van der Waals surface area contributed by atoms with E-state index in [2.05, 4.69) is 17.1 Å². The van der Waals surface area contributed by atoms with Gasteiger partial charge in [0.2, 0.25) is 0 Å². The number of ether oxygens (including phenoxy) is 1. The lowest BCUT2D eigenvalue weighted by molar-refractivity contribution is -0.0589. The first-order chi connectivity index (χ1) is 8.40. The van der Waals surface area contributed by atoms with Gasteiger partial charge in [0.25, 0.3) is 0 Å². The Hall–Kier alpha value is -1.72. The zero-order valence-electron chi connectivity index (χ0n) is 10.2. The molecule has 0 spiro atoms. The average Bonchev–Trinajstić information content (AvgIpc) is 2.34. The van der Waals surface area contributed by atoms with Crippen molar-refractivity contribution in [3.63, 3.8) is 0 Å². The van der Waals surface area contributed by atoms with Gasteiger partial charge < -0.3 is 10.2 Å². The molecule has 0 aromatic rings. The van der Waals surface area contributed by atoms with Crippen LogP contribution in [0.1, 0.15) is 6.42 Å². The molecule has 1 rings (SSSR count).